The Hall–Kier alpha value is -2.66. The third kappa shape index (κ3) is 3.31. The molecule has 0 amide bonds. The molecule has 5 rings (SSSR count). The Morgan fingerprint density at radius 3 is 2.93 bits per heavy atom. The molecule has 0 bridgehead atoms. The number of allylic oxidation sites excluding steroid dienone is 5. The zero-order chi connectivity index (χ0) is 18.9. The summed E-state index contributed by atoms with van der Waals surface area (Å²) in [6.07, 6.45) is 10.9. The van der Waals surface area contributed by atoms with Crippen molar-refractivity contribution in [2.45, 2.75) is 44.9 Å². The Labute approximate surface area is 165 Å². The number of nitrogens with zero attached hydrogens (tertiary/aromatic N) is 3. The Morgan fingerprint density at radius 2 is 2.07 bits per heavy atom. The molecule has 1 saturated carbocycles. The van der Waals surface area contributed by atoms with Gasteiger partial charge in [-0.15, -0.1) is 5.10 Å². The van der Waals surface area contributed by atoms with Gasteiger partial charge >= 0.3 is 0 Å². The minimum absolute atomic E-state index is 0.152. The lowest BCUT2D eigenvalue weighted by molar-refractivity contribution is 0.0551. The standard InChI is InChI=1S/C23H25N3O2/c1-27-20-10-9-17-7-8-18-11-22(21(12-20)23(17)18)28-15-19-14-26(25-24-19)13-16-5-3-2-4-6-16/h2-6,9-10,14,18,22H,7-8,11-13,15H2,1H3/t18-,22+/m0/s1. The summed E-state index contributed by atoms with van der Waals surface area (Å²) in [7, 11) is 1.75. The maximum absolute atomic E-state index is 6.34. The van der Waals surface area contributed by atoms with Crippen LogP contribution in [0, 0.1) is 5.92 Å². The molecule has 3 aliphatic rings. The molecule has 5 nitrogen and oxygen atoms in total. The van der Waals surface area contributed by atoms with E-state index in [0.717, 1.165) is 30.8 Å². The van der Waals surface area contributed by atoms with Gasteiger partial charge in [0.2, 0.25) is 0 Å². The number of hydrogen-bond donors (Lipinski definition) is 0. The summed E-state index contributed by atoms with van der Waals surface area (Å²) in [5.41, 5.74) is 6.53. The van der Waals surface area contributed by atoms with Crippen LogP contribution in [0.15, 0.2) is 71.2 Å². The monoisotopic (exact) mass is 375 g/mol. The van der Waals surface area contributed by atoms with Gasteiger partial charge in [-0.05, 0) is 53.5 Å². The van der Waals surface area contributed by atoms with E-state index in [4.69, 9.17) is 9.47 Å². The van der Waals surface area contributed by atoms with Crippen molar-refractivity contribution in [3.63, 3.8) is 0 Å². The highest BCUT2D eigenvalue weighted by atomic mass is 16.5. The summed E-state index contributed by atoms with van der Waals surface area (Å²) >= 11 is 0. The third-order valence-electron chi connectivity index (χ3n) is 6.05. The molecule has 0 unspecified atom stereocenters. The SMILES string of the molecule is COC1=CC=C2CC[C@H]3C[C@@H](OCc4cn(Cc5ccccc5)nn4)C(=C23)C1. The van der Waals surface area contributed by atoms with Crippen LogP contribution in [-0.2, 0) is 22.6 Å². The Bertz CT molecular complexity index is 955. The summed E-state index contributed by atoms with van der Waals surface area (Å²) < 4.78 is 13.8. The van der Waals surface area contributed by atoms with E-state index < -0.39 is 0 Å². The zero-order valence-corrected chi connectivity index (χ0v) is 16.2. The first-order chi connectivity index (χ1) is 13.8. The molecule has 144 valence electrons. The lowest BCUT2D eigenvalue weighted by Gasteiger charge is -2.17. The predicted octanol–water partition coefficient (Wildman–Crippen LogP) is 4.18. The average Bonchev–Trinajstić information content (AvgIpc) is 3.37. The Morgan fingerprint density at radius 1 is 1.18 bits per heavy atom. The largest absolute Gasteiger partial charge is 0.501 e. The topological polar surface area (TPSA) is 49.2 Å². The molecule has 2 aromatic rings. The molecule has 3 aliphatic carbocycles. The number of hydrogen-bond acceptors (Lipinski definition) is 4. The molecule has 1 aromatic carbocycles. The van der Waals surface area contributed by atoms with Crippen molar-refractivity contribution in [2.75, 3.05) is 7.11 Å². The van der Waals surface area contributed by atoms with E-state index in [1.165, 1.54) is 29.6 Å². The smallest absolute Gasteiger partial charge is 0.108 e. The normalized spacial score (nSPS) is 23.3. The van der Waals surface area contributed by atoms with Crippen LogP contribution in [0.4, 0.5) is 0 Å². The fourth-order valence-corrected chi connectivity index (χ4v) is 4.72. The number of methoxy groups -OCH3 is 1. The van der Waals surface area contributed by atoms with Crippen LogP contribution in [-0.4, -0.2) is 28.2 Å². The number of aromatic nitrogens is 3. The molecule has 28 heavy (non-hydrogen) atoms. The third-order valence-corrected chi connectivity index (χ3v) is 6.05. The summed E-state index contributed by atoms with van der Waals surface area (Å²) in [6, 6.07) is 10.3. The van der Waals surface area contributed by atoms with Gasteiger partial charge < -0.3 is 9.47 Å². The summed E-state index contributed by atoms with van der Waals surface area (Å²) in [5.74, 6) is 1.66. The van der Waals surface area contributed by atoms with Crippen LogP contribution < -0.4 is 0 Å². The van der Waals surface area contributed by atoms with Gasteiger partial charge in [0.1, 0.15) is 5.69 Å². The minimum Gasteiger partial charge on any atom is -0.501 e. The van der Waals surface area contributed by atoms with Gasteiger partial charge in [0.05, 0.1) is 38.3 Å². The highest BCUT2D eigenvalue weighted by Gasteiger charge is 2.40. The van der Waals surface area contributed by atoms with Crippen LogP contribution in [0.1, 0.15) is 36.9 Å². The first kappa shape index (κ1) is 17.4. The van der Waals surface area contributed by atoms with Gasteiger partial charge in [0.25, 0.3) is 0 Å². The minimum atomic E-state index is 0.152. The van der Waals surface area contributed by atoms with Gasteiger partial charge in [-0.25, -0.2) is 4.68 Å². The second-order valence-electron chi connectivity index (χ2n) is 7.81. The van der Waals surface area contributed by atoms with E-state index >= 15 is 0 Å². The second-order valence-corrected chi connectivity index (χ2v) is 7.81. The van der Waals surface area contributed by atoms with Crippen molar-refractivity contribution in [1.82, 2.24) is 15.0 Å². The first-order valence-electron chi connectivity index (χ1n) is 10.0. The molecule has 1 aromatic heterocycles. The van der Waals surface area contributed by atoms with E-state index in [2.05, 4.69) is 34.6 Å². The van der Waals surface area contributed by atoms with Gasteiger partial charge in [-0.2, -0.15) is 0 Å². The summed E-state index contributed by atoms with van der Waals surface area (Å²) in [6.45, 7) is 1.22. The highest BCUT2D eigenvalue weighted by Crippen LogP contribution is 2.50. The molecule has 1 fully saturated rings. The van der Waals surface area contributed by atoms with Crippen molar-refractivity contribution >= 4 is 0 Å². The van der Waals surface area contributed by atoms with Crippen molar-refractivity contribution in [3.8, 4) is 0 Å². The number of ether oxygens (including phenoxy) is 2. The van der Waals surface area contributed by atoms with Gasteiger partial charge in [0, 0.05) is 6.42 Å². The van der Waals surface area contributed by atoms with Crippen molar-refractivity contribution < 1.29 is 9.47 Å². The zero-order valence-electron chi connectivity index (χ0n) is 16.2. The molecule has 0 radical (unpaired) electrons. The quantitative estimate of drug-likeness (QED) is 0.760. The van der Waals surface area contributed by atoms with Gasteiger partial charge in [-0.1, -0.05) is 41.6 Å². The van der Waals surface area contributed by atoms with E-state index in [1.807, 2.05) is 29.1 Å². The van der Waals surface area contributed by atoms with Gasteiger partial charge in [-0.3, -0.25) is 0 Å². The predicted molar refractivity (Wildman–Crippen MR) is 106 cm³/mol. The Balaban J connectivity index is 1.27. The first-order valence-corrected chi connectivity index (χ1v) is 10.0. The van der Waals surface area contributed by atoms with Crippen molar-refractivity contribution in [2.24, 2.45) is 5.92 Å². The maximum atomic E-state index is 6.34. The molecule has 0 saturated heterocycles. The fraction of sp³-hybridized carbons (Fsp3) is 0.391. The van der Waals surface area contributed by atoms with E-state index in [9.17, 15) is 0 Å². The molecule has 0 aliphatic heterocycles. The van der Waals surface area contributed by atoms with Crippen LogP contribution >= 0.6 is 0 Å². The van der Waals surface area contributed by atoms with E-state index in [-0.39, 0.29) is 6.10 Å². The lowest BCUT2D eigenvalue weighted by Crippen LogP contribution is -2.14. The molecule has 2 atom stereocenters. The van der Waals surface area contributed by atoms with Crippen LogP contribution in [0.25, 0.3) is 0 Å². The highest BCUT2D eigenvalue weighted by molar-refractivity contribution is 5.50. The van der Waals surface area contributed by atoms with Crippen molar-refractivity contribution in [3.05, 3.63) is 82.4 Å². The number of rotatable bonds is 6. The molecular formula is C23H25N3O2. The molecule has 0 N–H and O–H groups in total. The molecular weight excluding hydrogens is 350 g/mol. The Kier molecular flexibility index (Phi) is 4.61. The average molecular weight is 375 g/mol. The number of benzene rings is 1. The molecule has 0 spiro atoms. The van der Waals surface area contributed by atoms with E-state index in [1.54, 1.807) is 12.7 Å². The molecule has 1 heterocycles. The lowest BCUT2D eigenvalue weighted by atomic mass is 10.0. The van der Waals surface area contributed by atoms with Crippen LogP contribution in [0.5, 0.6) is 0 Å². The van der Waals surface area contributed by atoms with Crippen LogP contribution in [0.2, 0.25) is 0 Å². The summed E-state index contributed by atoms with van der Waals surface area (Å²) in [4.78, 5) is 0. The van der Waals surface area contributed by atoms with E-state index in [0.29, 0.717) is 12.5 Å². The maximum Gasteiger partial charge on any atom is 0.108 e. The molecule has 5 heteroatoms. The summed E-state index contributed by atoms with van der Waals surface area (Å²) in [5, 5.41) is 8.55. The van der Waals surface area contributed by atoms with Crippen molar-refractivity contribution in [1.29, 1.82) is 0 Å². The van der Waals surface area contributed by atoms with Gasteiger partial charge in [0.15, 0.2) is 0 Å². The fourth-order valence-electron chi connectivity index (χ4n) is 4.72. The van der Waals surface area contributed by atoms with Crippen LogP contribution in [0.3, 0.4) is 0 Å². The second kappa shape index (κ2) is 7.40.